The van der Waals surface area contributed by atoms with Crippen LogP contribution in [0.5, 0.6) is 0 Å². The minimum Gasteiger partial charge on any atom is -0.481 e. The van der Waals surface area contributed by atoms with Gasteiger partial charge in [0.05, 0.1) is 5.92 Å². The number of carbonyl (C=O) groups is 1. The molecule has 0 fully saturated rings. The highest BCUT2D eigenvalue weighted by atomic mass is 16.4. The lowest BCUT2D eigenvalue weighted by Gasteiger charge is -2.39. The van der Waals surface area contributed by atoms with Gasteiger partial charge in [0.15, 0.2) is 0 Å². The zero-order valence-corrected chi connectivity index (χ0v) is 23.5. The monoisotopic (exact) mass is 467 g/mol. The van der Waals surface area contributed by atoms with E-state index in [1.165, 1.54) is 109 Å². The standard InChI is InChI=1S/C30H61NO2/c1-7-8-9-10-11-12-13-14-15-16-17-18-19-20-21-22-23-24-25-29(30(32)33)28(6)31(26(2)3)27(4)5/h26-29H,7-25H2,1-6H3,(H,32,33). The number of nitrogens with zero attached hydrogens (tertiary/aromatic N) is 1. The van der Waals surface area contributed by atoms with E-state index in [0.717, 1.165) is 12.8 Å². The molecular formula is C30H61NO2. The minimum absolute atomic E-state index is 0.0910. The van der Waals surface area contributed by atoms with Crippen molar-refractivity contribution in [2.75, 3.05) is 0 Å². The molecule has 2 atom stereocenters. The Balaban J connectivity index is 3.64. The summed E-state index contributed by atoms with van der Waals surface area (Å²) in [5, 5.41) is 9.77. The summed E-state index contributed by atoms with van der Waals surface area (Å²) >= 11 is 0. The van der Waals surface area contributed by atoms with Crippen LogP contribution in [0.25, 0.3) is 0 Å². The third kappa shape index (κ3) is 17.5. The normalized spacial score (nSPS) is 13.8. The van der Waals surface area contributed by atoms with Crippen LogP contribution >= 0.6 is 0 Å². The number of carboxylic acids is 1. The van der Waals surface area contributed by atoms with Gasteiger partial charge in [-0.2, -0.15) is 0 Å². The van der Waals surface area contributed by atoms with Gasteiger partial charge in [-0.3, -0.25) is 9.69 Å². The summed E-state index contributed by atoms with van der Waals surface area (Å²) < 4.78 is 0. The lowest BCUT2D eigenvalue weighted by Crippen LogP contribution is -2.48. The van der Waals surface area contributed by atoms with Gasteiger partial charge in [0.25, 0.3) is 0 Å². The van der Waals surface area contributed by atoms with Gasteiger partial charge in [-0.25, -0.2) is 0 Å². The third-order valence-electron chi connectivity index (χ3n) is 7.43. The predicted octanol–water partition coefficient (Wildman–Crippen LogP) is 9.63. The van der Waals surface area contributed by atoms with Crippen LogP contribution in [-0.2, 0) is 4.79 Å². The van der Waals surface area contributed by atoms with Gasteiger partial charge in [0.1, 0.15) is 0 Å². The highest BCUT2D eigenvalue weighted by Gasteiger charge is 2.31. The van der Waals surface area contributed by atoms with Gasteiger partial charge in [-0.15, -0.1) is 0 Å². The number of carboxylic acid groups (broad SMARTS) is 1. The van der Waals surface area contributed by atoms with Crippen LogP contribution in [0.15, 0.2) is 0 Å². The molecule has 198 valence electrons. The summed E-state index contributed by atoms with van der Waals surface area (Å²) in [5.74, 6) is -0.878. The predicted molar refractivity (Wildman–Crippen MR) is 146 cm³/mol. The number of rotatable bonds is 24. The Bertz CT molecular complexity index is 427. The van der Waals surface area contributed by atoms with E-state index in [-0.39, 0.29) is 12.0 Å². The summed E-state index contributed by atoms with van der Waals surface area (Å²) in [4.78, 5) is 14.2. The molecule has 0 aromatic heterocycles. The second-order valence-electron chi connectivity index (χ2n) is 11.1. The Morgan fingerprint density at radius 2 is 0.879 bits per heavy atom. The quantitative estimate of drug-likeness (QED) is 0.144. The van der Waals surface area contributed by atoms with Crippen molar-refractivity contribution in [3.8, 4) is 0 Å². The highest BCUT2D eigenvalue weighted by molar-refractivity contribution is 5.70. The van der Waals surface area contributed by atoms with Crippen LogP contribution < -0.4 is 0 Å². The molecule has 0 radical (unpaired) electrons. The second-order valence-corrected chi connectivity index (χ2v) is 11.1. The van der Waals surface area contributed by atoms with E-state index < -0.39 is 5.97 Å². The smallest absolute Gasteiger partial charge is 0.308 e. The number of aliphatic carboxylic acids is 1. The first-order valence-electron chi connectivity index (χ1n) is 14.8. The van der Waals surface area contributed by atoms with E-state index >= 15 is 0 Å². The number of hydrogen-bond donors (Lipinski definition) is 1. The van der Waals surface area contributed by atoms with Crippen LogP contribution in [0.4, 0.5) is 0 Å². The highest BCUT2D eigenvalue weighted by Crippen LogP contribution is 2.23. The molecule has 0 aromatic carbocycles. The van der Waals surface area contributed by atoms with E-state index in [4.69, 9.17) is 0 Å². The van der Waals surface area contributed by atoms with E-state index in [2.05, 4.69) is 46.4 Å². The fourth-order valence-corrected chi connectivity index (χ4v) is 5.58. The van der Waals surface area contributed by atoms with Crippen molar-refractivity contribution in [2.24, 2.45) is 5.92 Å². The lowest BCUT2D eigenvalue weighted by atomic mass is 9.91. The maximum Gasteiger partial charge on any atom is 0.308 e. The SMILES string of the molecule is CCCCCCCCCCCCCCCCCCCCC(C(=O)O)C(C)N(C(C)C)C(C)C. The van der Waals surface area contributed by atoms with Crippen molar-refractivity contribution in [2.45, 2.75) is 182 Å². The average Bonchev–Trinajstić information content (AvgIpc) is 2.74. The van der Waals surface area contributed by atoms with E-state index in [0.29, 0.717) is 12.1 Å². The largest absolute Gasteiger partial charge is 0.481 e. The van der Waals surface area contributed by atoms with Crippen molar-refractivity contribution in [3.05, 3.63) is 0 Å². The molecular weight excluding hydrogens is 406 g/mol. The van der Waals surface area contributed by atoms with Crippen LogP contribution in [0, 0.1) is 5.92 Å². The van der Waals surface area contributed by atoms with Crippen molar-refractivity contribution < 1.29 is 9.90 Å². The molecule has 0 amide bonds. The van der Waals surface area contributed by atoms with Gasteiger partial charge in [0, 0.05) is 18.1 Å². The molecule has 0 aliphatic carbocycles. The topological polar surface area (TPSA) is 40.5 Å². The zero-order chi connectivity index (χ0) is 24.9. The number of hydrogen-bond acceptors (Lipinski definition) is 2. The molecule has 2 unspecified atom stereocenters. The van der Waals surface area contributed by atoms with E-state index in [1.807, 2.05) is 0 Å². The van der Waals surface area contributed by atoms with Crippen LogP contribution in [0.1, 0.15) is 164 Å². The molecule has 1 N–H and O–H groups in total. The molecule has 0 spiro atoms. The van der Waals surface area contributed by atoms with Gasteiger partial charge < -0.3 is 5.11 Å². The molecule has 33 heavy (non-hydrogen) atoms. The summed E-state index contributed by atoms with van der Waals surface area (Å²) in [6.45, 7) is 13.1. The fraction of sp³-hybridized carbons (Fsp3) is 0.967. The lowest BCUT2D eigenvalue weighted by molar-refractivity contribution is -0.145. The van der Waals surface area contributed by atoms with Crippen molar-refractivity contribution in [1.29, 1.82) is 0 Å². The Morgan fingerprint density at radius 1 is 0.576 bits per heavy atom. The van der Waals surface area contributed by atoms with Crippen molar-refractivity contribution >= 4 is 5.97 Å². The molecule has 0 saturated carbocycles. The molecule has 0 heterocycles. The van der Waals surface area contributed by atoms with Gasteiger partial charge in [-0.05, 0) is 41.0 Å². The van der Waals surface area contributed by atoms with E-state index in [1.54, 1.807) is 0 Å². The second kappa shape index (κ2) is 21.9. The van der Waals surface area contributed by atoms with Crippen LogP contribution in [0.2, 0.25) is 0 Å². The first-order valence-corrected chi connectivity index (χ1v) is 14.8. The first kappa shape index (κ1) is 32.4. The summed E-state index contributed by atoms with van der Waals surface area (Å²) in [6.07, 6.45) is 25.4. The molecule has 0 aliphatic rings. The van der Waals surface area contributed by atoms with Crippen LogP contribution in [-0.4, -0.2) is 34.1 Å². The number of unbranched alkanes of at least 4 members (excludes halogenated alkanes) is 17. The van der Waals surface area contributed by atoms with E-state index in [9.17, 15) is 9.90 Å². The Kier molecular flexibility index (Phi) is 21.6. The van der Waals surface area contributed by atoms with Gasteiger partial charge in [-0.1, -0.05) is 122 Å². The van der Waals surface area contributed by atoms with Crippen LogP contribution in [0.3, 0.4) is 0 Å². The Hall–Kier alpha value is -0.570. The molecule has 0 aliphatic heterocycles. The van der Waals surface area contributed by atoms with Gasteiger partial charge >= 0.3 is 5.97 Å². The minimum atomic E-state index is -0.624. The zero-order valence-electron chi connectivity index (χ0n) is 23.5. The molecule has 0 rings (SSSR count). The molecule has 3 heteroatoms. The molecule has 0 saturated heterocycles. The third-order valence-corrected chi connectivity index (χ3v) is 7.43. The Labute approximate surface area is 208 Å². The molecule has 3 nitrogen and oxygen atoms in total. The average molecular weight is 468 g/mol. The Morgan fingerprint density at radius 3 is 1.15 bits per heavy atom. The maximum atomic E-state index is 11.9. The van der Waals surface area contributed by atoms with Crippen molar-refractivity contribution in [1.82, 2.24) is 4.90 Å². The summed E-state index contributed by atoms with van der Waals surface area (Å²) in [7, 11) is 0. The first-order chi connectivity index (χ1) is 15.8. The fourth-order valence-electron chi connectivity index (χ4n) is 5.58. The molecule has 0 bridgehead atoms. The van der Waals surface area contributed by atoms with Gasteiger partial charge in [0.2, 0.25) is 0 Å². The molecule has 0 aromatic rings. The summed E-state index contributed by atoms with van der Waals surface area (Å²) in [6, 6.07) is 0.845. The maximum absolute atomic E-state index is 11.9. The summed E-state index contributed by atoms with van der Waals surface area (Å²) in [5.41, 5.74) is 0. The van der Waals surface area contributed by atoms with Crippen molar-refractivity contribution in [3.63, 3.8) is 0 Å².